The highest BCUT2D eigenvalue weighted by Gasteiger charge is 2.11. The molecule has 2 nitrogen and oxygen atoms in total. The van der Waals surface area contributed by atoms with Gasteiger partial charge in [0.2, 0.25) is 0 Å². The van der Waals surface area contributed by atoms with Gasteiger partial charge in [-0.05, 0) is 26.8 Å². The van der Waals surface area contributed by atoms with Crippen LogP contribution in [0.2, 0.25) is 0 Å². The molecule has 0 rings (SSSR count). The third-order valence-electron chi connectivity index (χ3n) is 1.99. The van der Waals surface area contributed by atoms with Crippen molar-refractivity contribution < 1.29 is 4.79 Å². The molecule has 0 amide bonds. The smallest absolute Gasteiger partial charge is 0.131 e. The molecule has 0 unspecified atom stereocenters. The lowest BCUT2D eigenvalue weighted by atomic mass is 10.1. The van der Waals surface area contributed by atoms with Crippen LogP contribution in [0.15, 0.2) is 0 Å². The lowest BCUT2D eigenvalue weighted by molar-refractivity contribution is -0.118. The zero-order chi connectivity index (χ0) is 9.72. The Morgan fingerprint density at radius 1 is 1.33 bits per heavy atom. The SMILES string of the molecule is CC(=O)C[C@@H](C)N(C)CC(C)C. The summed E-state index contributed by atoms with van der Waals surface area (Å²) < 4.78 is 0. The van der Waals surface area contributed by atoms with Crippen molar-refractivity contribution in [3.8, 4) is 0 Å². The summed E-state index contributed by atoms with van der Waals surface area (Å²) in [6.07, 6.45) is 0.670. The Morgan fingerprint density at radius 3 is 2.17 bits per heavy atom. The van der Waals surface area contributed by atoms with E-state index >= 15 is 0 Å². The topological polar surface area (TPSA) is 20.3 Å². The van der Waals surface area contributed by atoms with Crippen LogP contribution in [0.1, 0.15) is 34.1 Å². The molecule has 0 aromatic heterocycles. The summed E-state index contributed by atoms with van der Waals surface area (Å²) in [6, 6.07) is 0.380. The van der Waals surface area contributed by atoms with Crippen LogP contribution in [0.5, 0.6) is 0 Å². The van der Waals surface area contributed by atoms with E-state index in [9.17, 15) is 4.79 Å². The highest BCUT2D eigenvalue weighted by atomic mass is 16.1. The lowest BCUT2D eigenvalue weighted by Gasteiger charge is -2.25. The summed E-state index contributed by atoms with van der Waals surface area (Å²) in [6.45, 7) is 9.20. The number of carbonyl (C=O) groups is 1. The van der Waals surface area contributed by atoms with Gasteiger partial charge in [-0.2, -0.15) is 0 Å². The first-order valence-electron chi connectivity index (χ1n) is 4.63. The van der Waals surface area contributed by atoms with Crippen molar-refractivity contribution in [3.05, 3.63) is 0 Å². The van der Waals surface area contributed by atoms with E-state index in [1.807, 2.05) is 0 Å². The van der Waals surface area contributed by atoms with Crippen molar-refractivity contribution in [2.24, 2.45) is 5.92 Å². The van der Waals surface area contributed by atoms with E-state index in [0.717, 1.165) is 6.54 Å². The fourth-order valence-electron chi connectivity index (χ4n) is 1.33. The average Bonchev–Trinajstić information content (AvgIpc) is 1.84. The molecular weight excluding hydrogens is 150 g/mol. The van der Waals surface area contributed by atoms with Crippen LogP contribution in [0.3, 0.4) is 0 Å². The van der Waals surface area contributed by atoms with Crippen molar-refractivity contribution in [1.29, 1.82) is 0 Å². The van der Waals surface area contributed by atoms with Gasteiger partial charge < -0.3 is 4.90 Å². The number of ketones is 1. The van der Waals surface area contributed by atoms with Crippen LogP contribution in [-0.4, -0.2) is 30.3 Å². The molecule has 72 valence electrons. The van der Waals surface area contributed by atoms with Gasteiger partial charge in [0.1, 0.15) is 5.78 Å². The Morgan fingerprint density at radius 2 is 1.83 bits per heavy atom. The van der Waals surface area contributed by atoms with Crippen molar-refractivity contribution >= 4 is 5.78 Å². The molecule has 12 heavy (non-hydrogen) atoms. The summed E-state index contributed by atoms with van der Waals surface area (Å²) in [5, 5.41) is 0. The van der Waals surface area contributed by atoms with Crippen molar-refractivity contribution in [1.82, 2.24) is 4.90 Å². The number of hydrogen-bond donors (Lipinski definition) is 0. The van der Waals surface area contributed by atoms with Crippen LogP contribution >= 0.6 is 0 Å². The number of rotatable bonds is 5. The second kappa shape index (κ2) is 5.31. The van der Waals surface area contributed by atoms with E-state index < -0.39 is 0 Å². The van der Waals surface area contributed by atoms with Gasteiger partial charge in [0.25, 0.3) is 0 Å². The van der Waals surface area contributed by atoms with Crippen LogP contribution in [0, 0.1) is 5.92 Å². The standard InChI is InChI=1S/C10H21NO/c1-8(2)7-11(5)9(3)6-10(4)12/h8-9H,6-7H2,1-5H3/t9-/m1/s1. The fourth-order valence-corrected chi connectivity index (χ4v) is 1.33. The molecule has 0 aliphatic rings. The highest BCUT2D eigenvalue weighted by molar-refractivity contribution is 5.76. The second-order valence-electron chi connectivity index (χ2n) is 4.09. The Bertz CT molecular complexity index is 143. The first-order valence-corrected chi connectivity index (χ1v) is 4.63. The molecule has 0 aliphatic heterocycles. The molecule has 0 saturated heterocycles. The zero-order valence-electron chi connectivity index (χ0n) is 8.92. The minimum atomic E-state index is 0.276. The first kappa shape index (κ1) is 11.6. The summed E-state index contributed by atoms with van der Waals surface area (Å²) in [5.74, 6) is 0.947. The van der Waals surface area contributed by atoms with Gasteiger partial charge in [-0.3, -0.25) is 4.79 Å². The number of hydrogen-bond acceptors (Lipinski definition) is 2. The summed E-state index contributed by atoms with van der Waals surface area (Å²) in [5.41, 5.74) is 0. The molecule has 0 saturated carbocycles. The van der Waals surface area contributed by atoms with Crippen LogP contribution in [-0.2, 0) is 4.79 Å². The maximum absolute atomic E-state index is 10.8. The van der Waals surface area contributed by atoms with Gasteiger partial charge in [-0.15, -0.1) is 0 Å². The normalized spacial score (nSPS) is 13.9. The van der Waals surface area contributed by atoms with E-state index in [2.05, 4.69) is 32.7 Å². The number of nitrogens with zero attached hydrogens (tertiary/aromatic N) is 1. The maximum atomic E-state index is 10.8. The Labute approximate surface area is 75.9 Å². The summed E-state index contributed by atoms with van der Waals surface area (Å²) in [7, 11) is 2.08. The third kappa shape index (κ3) is 5.30. The van der Waals surface area contributed by atoms with Crippen molar-refractivity contribution in [2.75, 3.05) is 13.6 Å². The van der Waals surface area contributed by atoms with E-state index in [4.69, 9.17) is 0 Å². The minimum Gasteiger partial charge on any atom is -0.303 e. The highest BCUT2D eigenvalue weighted by Crippen LogP contribution is 2.04. The maximum Gasteiger partial charge on any atom is 0.131 e. The van der Waals surface area contributed by atoms with E-state index in [0.29, 0.717) is 18.4 Å². The Hall–Kier alpha value is -0.370. The minimum absolute atomic E-state index is 0.276. The molecular formula is C10H21NO. The zero-order valence-corrected chi connectivity index (χ0v) is 8.92. The quantitative estimate of drug-likeness (QED) is 0.630. The molecule has 0 bridgehead atoms. The van der Waals surface area contributed by atoms with Crippen LogP contribution < -0.4 is 0 Å². The monoisotopic (exact) mass is 171 g/mol. The molecule has 0 fully saturated rings. The van der Waals surface area contributed by atoms with E-state index in [-0.39, 0.29) is 5.78 Å². The van der Waals surface area contributed by atoms with Crippen LogP contribution in [0.4, 0.5) is 0 Å². The molecule has 0 spiro atoms. The van der Waals surface area contributed by atoms with Crippen molar-refractivity contribution in [2.45, 2.75) is 40.2 Å². The number of carbonyl (C=O) groups excluding carboxylic acids is 1. The largest absolute Gasteiger partial charge is 0.303 e. The molecule has 2 heteroatoms. The van der Waals surface area contributed by atoms with Crippen LogP contribution in [0.25, 0.3) is 0 Å². The van der Waals surface area contributed by atoms with E-state index in [1.54, 1.807) is 6.92 Å². The molecule has 0 N–H and O–H groups in total. The van der Waals surface area contributed by atoms with Crippen molar-refractivity contribution in [3.63, 3.8) is 0 Å². The molecule has 0 aromatic carbocycles. The predicted octanol–water partition coefficient (Wildman–Crippen LogP) is 1.94. The third-order valence-corrected chi connectivity index (χ3v) is 1.99. The molecule has 0 aromatic rings. The number of Topliss-reactive ketones (excluding diaryl/α,β-unsaturated/α-hetero) is 1. The summed E-state index contributed by atoms with van der Waals surface area (Å²) >= 11 is 0. The lowest BCUT2D eigenvalue weighted by Crippen LogP contribution is -2.33. The fraction of sp³-hybridized carbons (Fsp3) is 0.900. The second-order valence-corrected chi connectivity index (χ2v) is 4.09. The first-order chi connectivity index (χ1) is 5.43. The molecule has 0 aliphatic carbocycles. The Balaban J connectivity index is 3.76. The predicted molar refractivity (Wildman–Crippen MR) is 52.2 cm³/mol. The van der Waals surface area contributed by atoms with Gasteiger partial charge in [-0.1, -0.05) is 13.8 Å². The van der Waals surface area contributed by atoms with Gasteiger partial charge in [0.05, 0.1) is 0 Å². The van der Waals surface area contributed by atoms with Gasteiger partial charge in [0, 0.05) is 19.0 Å². The van der Waals surface area contributed by atoms with Gasteiger partial charge >= 0.3 is 0 Å². The summed E-state index contributed by atoms with van der Waals surface area (Å²) in [4.78, 5) is 13.1. The van der Waals surface area contributed by atoms with Gasteiger partial charge in [-0.25, -0.2) is 0 Å². The molecule has 1 atom stereocenters. The average molecular weight is 171 g/mol. The van der Waals surface area contributed by atoms with E-state index in [1.165, 1.54) is 0 Å². The molecule has 0 radical (unpaired) electrons. The molecule has 0 heterocycles. The van der Waals surface area contributed by atoms with Gasteiger partial charge in [0.15, 0.2) is 0 Å². The Kier molecular flexibility index (Phi) is 5.14.